The summed E-state index contributed by atoms with van der Waals surface area (Å²) in [7, 11) is 0. The van der Waals surface area contributed by atoms with Crippen molar-refractivity contribution in [1.29, 1.82) is 0 Å². The second kappa shape index (κ2) is 5.63. The van der Waals surface area contributed by atoms with Gasteiger partial charge in [-0.2, -0.15) is 0 Å². The fourth-order valence-electron chi connectivity index (χ4n) is 1.46. The van der Waals surface area contributed by atoms with Crippen LogP contribution >= 0.6 is 15.9 Å². The van der Waals surface area contributed by atoms with Crippen molar-refractivity contribution in [2.24, 2.45) is 0 Å². The van der Waals surface area contributed by atoms with Crippen LogP contribution in [0, 0.1) is 0 Å². The zero-order valence-electron chi connectivity index (χ0n) is 9.23. The third-order valence-electron chi connectivity index (χ3n) is 2.28. The van der Waals surface area contributed by atoms with Gasteiger partial charge in [0.05, 0.1) is 5.69 Å². The number of anilines is 2. The summed E-state index contributed by atoms with van der Waals surface area (Å²) in [5, 5.41) is 3.19. The highest BCUT2D eigenvalue weighted by Gasteiger charge is 2.00. The van der Waals surface area contributed by atoms with Crippen LogP contribution < -0.4 is 11.1 Å². The van der Waals surface area contributed by atoms with Gasteiger partial charge in [-0.05, 0) is 34.1 Å². The number of hydrogen-bond donors (Lipinski definition) is 2. The summed E-state index contributed by atoms with van der Waals surface area (Å²) >= 11 is 3.32. The molecule has 4 nitrogen and oxygen atoms in total. The highest BCUT2D eigenvalue weighted by molar-refractivity contribution is 9.10. The number of aromatic nitrogens is 2. The maximum absolute atomic E-state index is 5.83. The third kappa shape index (κ3) is 3.42. The van der Waals surface area contributed by atoms with Gasteiger partial charge in [-0.25, -0.2) is 4.98 Å². The summed E-state index contributed by atoms with van der Waals surface area (Å²) in [6.45, 7) is 0.760. The van der Waals surface area contributed by atoms with Crippen molar-refractivity contribution in [3.05, 3.63) is 46.8 Å². The van der Waals surface area contributed by atoms with Crippen LogP contribution in [0.15, 0.2) is 41.1 Å². The minimum atomic E-state index is 0.639. The van der Waals surface area contributed by atoms with Gasteiger partial charge in [-0.1, -0.05) is 6.07 Å². The molecule has 0 saturated heterocycles. The molecule has 0 bridgehead atoms. The highest BCUT2D eigenvalue weighted by atomic mass is 79.9. The topological polar surface area (TPSA) is 63.8 Å². The van der Waals surface area contributed by atoms with E-state index in [9.17, 15) is 0 Å². The molecular weight excluding hydrogens is 280 g/mol. The van der Waals surface area contributed by atoms with Crippen molar-refractivity contribution in [3.63, 3.8) is 0 Å². The third-order valence-corrected chi connectivity index (χ3v) is 2.72. The Bertz CT molecular complexity index is 487. The average molecular weight is 293 g/mol. The Morgan fingerprint density at radius 1 is 1.29 bits per heavy atom. The van der Waals surface area contributed by atoms with Gasteiger partial charge in [0.2, 0.25) is 0 Å². The molecule has 2 heterocycles. The lowest BCUT2D eigenvalue weighted by molar-refractivity contribution is 0.954. The quantitative estimate of drug-likeness (QED) is 0.909. The van der Waals surface area contributed by atoms with E-state index in [-0.39, 0.29) is 0 Å². The molecule has 0 unspecified atom stereocenters. The molecule has 0 aliphatic heterocycles. The van der Waals surface area contributed by atoms with Crippen molar-refractivity contribution in [2.45, 2.75) is 6.42 Å². The lowest BCUT2D eigenvalue weighted by atomic mass is 10.2. The van der Waals surface area contributed by atoms with Crippen molar-refractivity contribution < 1.29 is 0 Å². The molecule has 0 fully saturated rings. The van der Waals surface area contributed by atoms with E-state index >= 15 is 0 Å². The Balaban J connectivity index is 1.90. The SMILES string of the molecule is Nc1cc(Br)cnc1NCCc1ccccn1. The smallest absolute Gasteiger partial charge is 0.149 e. The van der Waals surface area contributed by atoms with Gasteiger partial charge in [-0.15, -0.1) is 0 Å². The standard InChI is InChI=1S/C12H13BrN4/c13-9-7-11(14)12(17-8-9)16-6-4-10-3-1-2-5-15-10/h1-3,5,7-8H,4,6,14H2,(H,16,17). The van der Waals surface area contributed by atoms with E-state index in [1.54, 1.807) is 12.4 Å². The molecule has 0 radical (unpaired) electrons. The molecule has 2 rings (SSSR count). The number of pyridine rings is 2. The van der Waals surface area contributed by atoms with Gasteiger partial charge in [0.15, 0.2) is 0 Å². The van der Waals surface area contributed by atoms with Gasteiger partial charge >= 0.3 is 0 Å². The Morgan fingerprint density at radius 3 is 2.88 bits per heavy atom. The summed E-state index contributed by atoms with van der Waals surface area (Å²) < 4.78 is 0.880. The first-order valence-corrected chi connectivity index (χ1v) is 6.10. The molecule has 2 aromatic heterocycles. The number of halogens is 1. The Labute approximate surface area is 108 Å². The van der Waals surface area contributed by atoms with Crippen molar-refractivity contribution >= 4 is 27.4 Å². The number of nitrogens with two attached hydrogens (primary N) is 1. The molecule has 17 heavy (non-hydrogen) atoms. The molecule has 5 heteroatoms. The first-order chi connectivity index (χ1) is 8.25. The van der Waals surface area contributed by atoms with Gasteiger partial charge < -0.3 is 11.1 Å². The van der Waals surface area contributed by atoms with Gasteiger partial charge in [0.1, 0.15) is 5.82 Å². The molecule has 2 aromatic rings. The van der Waals surface area contributed by atoms with Gasteiger partial charge in [0.25, 0.3) is 0 Å². The van der Waals surface area contributed by atoms with Crippen molar-refractivity contribution in [3.8, 4) is 0 Å². The number of nitrogens with one attached hydrogen (secondary N) is 1. The van der Waals surface area contributed by atoms with E-state index < -0.39 is 0 Å². The molecule has 3 N–H and O–H groups in total. The zero-order valence-corrected chi connectivity index (χ0v) is 10.8. The van der Waals surface area contributed by atoms with E-state index in [0.29, 0.717) is 11.5 Å². The lowest BCUT2D eigenvalue weighted by Crippen LogP contribution is -2.09. The van der Waals surface area contributed by atoms with Crippen molar-refractivity contribution in [1.82, 2.24) is 9.97 Å². The second-order valence-corrected chi connectivity index (χ2v) is 4.50. The van der Waals surface area contributed by atoms with Crippen LogP contribution in [0.2, 0.25) is 0 Å². The van der Waals surface area contributed by atoms with Crippen molar-refractivity contribution in [2.75, 3.05) is 17.6 Å². The Hall–Kier alpha value is -1.62. The molecule has 0 aromatic carbocycles. The predicted molar refractivity (Wildman–Crippen MR) is 72.8 cm³/mol. The minimum Gasteiger partial charge on any atom is -0.396 e. The molecular formula is C12H13BrN4. The van der Waals surface area contributed by atoms with Crippen LogP contribution in [0.25, 0.3) is 0 Å². The lowest BCUT2D eigenvalue weighted by Gasteiger charge is -2.07. The summed E-state index contributed by atoms with van der Waals surface area (Å²) in [6.07, 6.45) is 4.36. The van der Waals surface area contributed by atoms with E-state index in [1.807, 2.05) is 24.3 Å². The van der Waals surface area contributed by atoms with Crippen LogP contribution in [0.1, 0.15) is 5.69 Å². The monoisotopic (exact) mass is 292 g/mol. The van der Waals surface area contributed by atoms with Crippen LogP contribution in [0.4, 0.5) is 11.5 Å². The number of nitrogen functional groups attached to an aromatic ring is 1. The second-order valence-electron chi connectivity index (χ2n) is 3.59. The van der Waals surface area contributed by atoms with Gasteiger partial charge in [-0.3, -0.25) is 4.98 Å². The molecule has 0 amide bonds. The minimum absolute atomic E-state index is 0.639. The molecule has 0 spiro atoms. The predicted octanol–water partition coefficient (Wildman–Crippen LogP) is 2.48. The van der Waals surface area contributed by atoms with E-state index in [2.05, 4.69) is 31.2 Å². The molecule has 0 aliphatic rings. The van der Waals surface area contributed by atoms with Crippen LogP contribution in [-0.4, -0.2) is 16.5 Å². The van der Waals surface area contributed by atoms with Gasteiger partial charge in [0, 0.05) is 35.5 Å². The van der Waals surface area contributed by atoms with E-state index in [1.165, 1.54) is 0 Å². The summed E-state index contributed by atoms with van der Waals surface area (Å²) in [6, 6.07) is 7.72. The van der Waals surface area contributed by atoms with E-state index in [0.717, 1.165) is 23.1 Å². The van der Waals surface area contributed by atoms with Crippen LogP contribution in [0.3, 0.4) is 0 Å². The molecule has 0 atom stereocenters. The first-order valence-electron chi connectivity index (χ1n) is 5.30. The first kappa shape index (κ1) is 11.9. The maximum Gasteiger partial charge on any atom is 0.149 e. The fourth-order valence-corrected chi connectivity index (χ4v) is 1.81. The molecule has 88 valence electrons. The zero-order chi connectivity index (χ0) is 12.1. The normalized spacial score (nSPS) is 10.2. The fraction of sp³-hybridized carbons (Fsp3) is 0.167. The van der Waals surface area contributed by atoms with Crippen LogP contribution in [-0.2, 0) is 6.42 Å². The Kier molecular flexibility index (Phi) is 3.93. The Morgan fingerprint density at radius 2 is 2.18 bits per heavy atom. The number of nitrogens with zero attached hydrogens (tertiary/aromatic N) is 2. The largest absolute Gasteiger partial charge is 0.396 e. The molecule has 0 aliphatic carbocycles. The summed E-state index contributed by atoms with van der Waals surface area (Å²) in [4.78, 5) is 8.45. The number of hydrogen-bond acceptors (Lipinski definition) is 4. The highest BCUT2D eigenvalue weighted by Crippen LogP contribution is 2.19. The number of rotatable bonds is 4. The summed E-state index contributed by atoms with van der Waals surface area (Å²) in [5.41, 5.74) is 7.52. The summed E-state index contributed by atoms with van der Waals surface area (Å²) in [5.74, 6) is 0.712. The van der Waals surface area contributed by atoms with Crippen LogP contribution in [0.5, 0.6) is 0 Å². The average Bonchev–Trinajstić information content (AvgIpc) is 2.33. The van der Waals surface area contributed by atoms with E-state index in [4.69, 9.17) is 5.73 Å². The molecule has 0 saturated carbocycles. The maximum atomic E-state index is 5.83.